The molecule has 34 heavy (non-hydrogen) atoms. The van der Waals surface area contributed by atoms with Crippen LogP contribution in [0.25, 0.3) is 0 Å². The first-order valence-corrected chi connectivity index (χ1v) is 12.2. The summed E-state index contributed by atoms with van der Waals surface area (Å²) in [4.78, 5) is 12.7. The predicted octanol–water partition coefficient (Wildman–Crippen LogP) is 3.87. The van der Waals surface area contributed by atoms with Crippen LogP contribution in [0.1, 0.15) is 12.7 Å². The third-order valence-electron chi connectivity index (χ3n) is 4.16. The smallest absolute Gasteiger partial charge is 0.451 e. The van der Waals surface area contributed by atoms with Gasteiger partial charge in [0.1, 0.15) is 22.4 Å². The maximum Gasteiger partial charge on any atom is 0.451 e. The average molecular weight is 518 g/mol. The molecular formula is C20H22F3N5O4S2. The Morgan fingerprint density at radius 1 is 1.15 bits per heavy atom. The fourth-order valence-electron chi connectivity index (χ4n) is 2.59. The van der Waals surface area contributed by atoms with E-state index in [0.717, 1.165) is 17.5 Å². The number of halogens is 3. The van der Waals surface area contributed by atoms with Crippen molar-refractivity contribution in [1.82, 2.24) is 19.9 Å². The van der Waals surface area contributed by atoms with Gasteiger partial charge in [0.15, 0.2) is 5.13 Å². The molecule has 9 nitrogen and oxygen atoms in total. The van der Waals surface area contributed by atoms with E-state index in [1.807, 2.05) is 0 Å². The summed E-state index contributed by atoms with van der Waals surface area (Å²) in [6.07, 6.45) is -3.68. The third kappa shape index (κ3) is 6.55. The highest BCUT2D eigenvalue weighted by atomic mass is 32.2. The molecule has 0 aliphatic carbocycles. The second-order valence-corrected chi connectivity index (χ2v) is 10.3. The summed E-state index contributed by atoms with van der Waals surface area (Å²) in [6, 6.07) is 7.18. The van der Waals surface area contributed by atoms with Gasteiger partial charge in [-0.05, 0) is 39.2 Å². The van der Waals surface area contributed by atoms with Crippen LogP contribution in [0.15, 0.2) is 45.6 Å². The van der Waals surface area contributed by atoms with Gasteiger partial charge in [-0.1, -0.05) is 17.4 Å². The number of ether oxygens (including phenoxy) is 2. The topological polar surface area (TPSA) is 107 Å². The molecule has 0 spiro atoms. The maximum absolute atomic E-state index is 13.3. The average Bonchev–Trinajstić information content (AvgIpc) is 3.22. The predicted molar refractivity (Wildman–Crippen MR) is 120 cm³/mol. The monoisotopic (exact) mass is 517 g/mol. The van der Waals surface area contributed by atoms with Crippen molar-refractivity contribution in [2.24, 2.45) is 0 Å². The molecule has 0 saturated carbocycles. The van der Waals surface area contributed by atoms with Gasteiger partial charge < -0.3 is 19.7 Å². The van der Waals surface area contributed by atoms with Crippen LogP contribution in [-0.2, 0) is 16.0 Å². The molecule has 1 N–H and O–H groups in total. The molecule has 3 rings (SSSR count). The lowest BCUT2D eigenvalue weighted by Crippen LogP contribution is -2.20. The number of anilines is 2. The van der Waals surface area contributed by atoms with Crippen molar-refractivity contribution < 1.29 is 31.1 Å². The third-order valence-corrected chi connectivity index (χ3v) is 7.28. The van der Waals surface area contributed by atoms with Crippen molar-refractivity contribution in [2.45, 2.75) is 22.2 Å². The minimum Gasteiger partial charge on any atom is -0.494 e. The van der Waals surface area contributed by atoms with Gasteiger partial charge in [0.2, 0.25) is 21.5 Å². The normalized spacial score (nSPS) is 12.1. The fourth-order valence-corrected chi connectivity index (χ4v) is 5.06. The number of hydrogen-bond acceptors (Lipinski definition) is 10. The van der Waals surface area contributed by atoms with Crippen molar-refractivity contribution >= 4 is 32.1 Å². The molecule has 2 heterocycles. The number of likely N-dealkylation sites (N-methyl/N-ethyl adjacent to an activating group) is 1. The first kappa shape index (κ1) is 25.6. The lowest BCUT2D eigenvalue weighted by atomic mass is 10.3. The van der Waals surface area contributed by atoms with Crippen LogP contribution >= 0.6 is 11.3 Å². The molecule has 0 amide bonds. The van der Waals surface area contributed by atoms with Gasteiger partial charge in [-0.2, -0.15) is 18.2 Å². The number of aromatic nitrogens is 3. The first-order valence-electron chi connectivity index (χ1n) is 9.93. The molecule has 0 aliphatic heterocycles. The van der Waals surface area contributed by atoms with Crippen LogP contribution in [0.5, 0.6) is 11.6 Å². The minimum atomic E-state index is -4.81. The Kier molecular flexibility index (Phi) is 7.94. The van der Waals surface area contributed by atoms with E-state index in [1.165, 1.54) is 18.2 Å². The van der Waals surface area contributed by atoms with E-state index in [1.54, 1.807) is 38.1 Å². The van der Waals surface area contributed by atoms with Gasteiger partial charge in [-0.15, -0.1) is 0 Å². The zero-order valence-corrected chi connectivity index (χ0v) is 20.1. The molecule has 0 unspecified atom stereocenters. The van der Waals surface area contributed by atoms with Crippen LogP contribution in [-0.4, -0.2) is 62.1 Å². The first-order chi connectivity index (χ1) is 16.0. The molecule has 14 heteroatoms. The number of alkyl halides is 3. The van der Waals surface area contributed by atoms with Crippen LogP contribution in [0.2, 0.25) is 0 Å². The SMILES string of the molecule is CCOc1cccc(S(=O)(=O)c2cnc(Nc3cc(OCCN(C)C)nc(C(F)(F)F)n3)s2)c1. The van der Waals surface area contributed by atoms with Gasteiger partial charge in [-0.25, -0.2) is 18.4 Å². The molecule has 0 aliphatic rings. The van der Waals surface area contributed by atoms with Crippen LogP contribution < -0.4 is 14.8 Å². The Labute approximate surface area is 198 Å². The lowest BCUT2D eigenvalue weighted by molar-refractivity contribution is -0.145. The van der Waals surface area contributed by atoms with Crippen molar-refractivity contribution in [2.75, 3.05) is 39.2 Å². The Morgan fingerprint density at radius 2 is 1.91 bits per heavy atom. The quantitative estimate of drug-likeness (QED) is 0.429. The summed E-state index contributed by atoms with van der Waals surface area (Å²) in [5, 5.41) is 2.64. The highest BCUT2D eigenvalue weighted by molar-refractivity contribution is 7.93. The zero-order chi connectivity index (χ0) is 24.9. The second kappa shape index (κ2) is 10.5. The van der Waals surface area contributed by atoms with Crippen LogP contribution in [0, 0.1) is 0 Å². The van der Waals surface area contributed by atoms with Gasteiger partial charge in [0.05, 0.1) is 17.7 Å². The minimum absolute atomic E-state index is 0.00613. The van der Waals surface area contributed by atoms with Crippen molar-refractivity contribution in [1.29, 1.82) is 0 Å². The Bertz CT molecular complexity index is 1230. The molecule has 0 saturated heterocycles. The summed E-state index contributed by atoms with van der Waals surface area (Å²) in [6.45, 7) is 2.73. The van der Waals surface area contributed by atoms with E-state index < -0.39 is 21.8 Å². The van der Waals surface area contributed by atoms with Crippen molar-refractivity contribution in [3.63, 3.8) is 0 Å². The number of nitrogens with one attached hydrogen (secondary N) is 1. The molecule has 1 aromatic carbocycles. The number of hydrogen-bond donors (Lipinski definition) is 1. The highest BCUT2D eigenvalue weighted by Gasteiger charge is 2.36. The molecule has 0 bridgehead atoms. The Balaban J connectivity index is 1.85. The molecule has 184 valence electrons. The van der Waals surface area contributed by atoms with Crippen molar-refractivity contribution in [3.05, 3.63) is 42.4 Å². The Morgan fingerprint density at radius 3 is 2.59 bits per heavy atom. The lowest BCUT2D eigenvalue weighted by Gasteiger charge is -2.13. The van der Waals surface area contributed by atoms with Crippen LogP contribution in [0.4, 0.5) is 24.1 Å². The van der Waals surface area contributed by atoms with Crippen molar-refractivity contribution in [3.8, 4) is 11.6 Å². The second-order valence-electron chi connectivity index (χ2n) is 7.09. The Hall–Kier alpha value is -2.97. The standard InChI is InChI=1S/C20H22F3N5O4S2/c1-4-31-13-6-5-7-14(10-13)34(29,30)17-12-24-19(33-17)26-15-11-16(32-9-8-28(2)3)27-18(25-15)20(21,22)23/h5-7,10-12H,4,8-9H2,1-3H3,(H,24,25,26,27). The molecular weight excluding hydrogens is 495 g/mol. The van der Waals surface area contributed by atoms with E-state index in [9.17, 15) is 21.6 Å². The van der Waals surface area contributed by atoms with Gasteiger partial charge in [0.25, 0.3) is 0 Å². The van der Waals surface area contributed by atoms with Crippen LogP contribution in [0.3, 0.4) is 0 Å². The highest BCUT2D eigenvalue weighted by Crippen LogP contribution is 2.33. The number of nitrogens with zero attached hydrogens (tertiary/aromatic N) is 4. The number of sulfone groups is 1. The number of rotatable bonds is 10. The number of benzene rings is 1. The molecule has 3 aromatic rings. The largest absolute Gasteiger partial charge is 0.494 e. The summed E-state index contributed by atoms with van der Waals surface area (Å²) in [7, 11) is -0.336. The molecule has 0 fully saturated rings. The van der Waals surface area contributed by atoms with Gasteiger partial charge in [-0.3, -0.25) is 0 Å². The fraction of sp³-hybridized carbons (Fsp3) is 0.350. The summed E-state index contributed by atoms with van der Waals surface area (Å²) >= 11 is 0.750. The maximum atomic E-state index is 13.3. The van der Waals surface area contributed by atoms with E-state index in [4.69, 9.17) is 9.47 Å². The van der Waals surface area contributed by atoms with E-state index in [2.05, 4.69) is 20.3 Å². The molecule has 0 radical (unpaired) electrons. The van der Waals surface area contributed by atoms with Gasteiger partial charge in [0, 0.05) is 12.6 Å². The summed E-state index contributed by atoms with van der Waals surface area (Å²) < 4.78 is 76.2. The van der Waals surface area contributed by atoms with E-state index in [-0.39, 0.29) is 32.5 Å². The van der Waals surface area contributed by atoms with Gasteiger partial charge >= 0.3 is 6.18 Å². The van der Waals surface area contributed by atoms with E-state index >= 15 is 0 Å². The van der Waals surface area contributed by atoms with E-state index in [0.29, 0.717) is 18.9 Å². The zero-order valence-electron chi connectivity index (χ0n) is 18.5. The summed E-state index contributed by atoms with van der Waals surface area (Å²) in [5.74, 6) is -1.51. The summed E-state index contributed by atoms with van der Waals surface area (Å²) in [5.41, 5.74) is 0. The number of thiazole rings is 1. The molecule has 0 atom stereocenters. The molecule has 2 aromatic heterocycles.